The van der Waals surface area contributed by atoms with Gasteiger partial charge in [-0.2, -0.15) is 5.10 Å². The molecule has 3 N–H and O–H groups in total. The zero-order valence-corrected chi connectivity index (χ0v) is 12.4. The highest BCUT2D eigenvalue weighted by Gasteiger charge is 2.17. The van der Waals surface area contributed by atoms with Crippen molar-refractivity contribution in [1.29, 1.82) is 0 Å². The quantitative estimate of drug-likeness (QED) is 0.816. The van der Waals surface area contributed by atoms with Crippen molar-refractivity contribution in [2.24, 2.45) is 0 Å². The Labute approximate surface area is 122 Å². The number of nitrogens with zero attached hydrogens (tertiary/aromatic N) is 2. The van der Waals surface area contributed by atoms with Crippen molar-refractivity contribution in [3.63, 3.8) is 0 Å². The minimum atomic E-state index is -3.68. The van der Waals surface area contributed by atoms with Gasteiger partial charge in [0.1, 0.15) is 4.90 Å². The number of rotatable bonds is 5. The molecule has 0 saturated heterocycles. The molecule has 0 aliphatic carbocycles. The van der Waals surface area contributed by atoms with E-state index in [4.69, 9.17) is 17.3 Å². The predicted octanol–water partition coefficient (Wildman–Crippen LogP) is 1.41. The fourth-order valence-electron chi connectivity index (χ4n) is 1.69. The summed E-state index contributed by atoms with van der Waals surface area (Å²) in [5.74, 6) is 0. The maximum Gasteiger partial charge on any atom is 0.242 e. The maximum atomic E-state index is 12.1. The summed E-state index contributed by atoms with van der Waals surface area (Å²) in [6.45, 7) is 2.57. The molecule has 108 valence electrons. The third kappa shape index (κ3) is 3.50. The van der Waals surface area contributed by atoms with Crippen molar-refractivity contribution in [2.75, 3.05) is 12.3 Å². The highest BCUT2D eigenvalue weighted by Crippen LogP contribution is 2.23. The standard InChI is InChI=1S/C12H15ClN4O2S/c1-9-7-15-17(8-9)5-4-16-20(18,19)12-6-10(14)2-3-11(12)13/h2-3,6-8,16H,4-5,14H2,1H3. The van der Waals surface area contributed by atoms with Crippen LogP contribution in [0.25, 0.3) is 0 Å². The number of benzene rings is 1. The van der Waals surface area contributed by atoms with Crippen LogP contribution in [0.15, 0.2) is 35.5 Å². The van der Waals surface area contributed by atoms with Crippen LogP contribution < -0.4 is 10.5 Å². The molecule has 0 amide bonds. The molecule has 0 unspecified atom stereocenters. The predicted molar refractivity (Wildman–Crippen MR) is 78.0 cm³/mol. The van der Waals surface area contributed by atoms with Gasteiger partial charge in [0.05, 0.1) is 17.8 Å². The van der Waals surface area contributed by atoms with E-state index in [9.17, 15) is 8.42 Å². The topological polar surface area (TPSA) is 90.0 Å². The van der Waals surface area contributed by atoms with E-state index in [2.05, 4.69) is 9.82 Å². The lowest BCUT2D eigenvalue weighted by atomic mass is 10.3. The lowest BCUT2D eigenvalue weighted by Crippen LogP contribution is -2.27. The Morgan fingerprint density at radius 1 is 1.45 bits per heavy atom. The van der Waals surface area contributed by atoms with E-state index in [-0.39, 0.29) is 16.5 Å². The molecule has 0 atom stereocenters. The molecule has 2 rings (SSSR count). The lowest BCUT2D eigenvalue weighted by molar-refractivity contribution is 0.561. The molecule has 1 heterocycles. The Balaban J connectivity index is 2.06. The van der Waals surface area contributed by atoms with E-state index in [0.717, 1.165) is 5.56 Å². The first-order valence-corrected chi connectivity index (χ1v) is 7.78. The summed E-state index contributed by atoms with van der Waals surface area (Å²) in [4.78, 5) is -0.0178. The molecule has 0 fully saturated rings. The van der Waals surface area contributed by atoms with Gasteiger partial charge in [-0.1, -0.05) is 11.6 Å². The van der Waals surface area contributed by atoms with Gasteiger partial charge in [-0.3, -0.25) is 4.68 Å². The van der Waals surface area contributed by atoms with Crippen molar-refractivity contribution in [2.45, 2.75) is 18.4 Å². The molecule has 0 aliphatic heterocycles. The number of aromatic nitrogens is 2. The van der Waals surface area contributed by atoms with Gasteiger partial charge in [-0.05, 0) is 30.7 Å². The minimum absolute atomic E-state index is 0.0178. The molecule has 2 aromatic rings. The molecule has 1 aromatic heterocycles. The van der Waals surface area contributed by atoms with Crippen LogP contribution >= 0.6 is 11.6 Å². The van der Waals surface area contributed by atoms with Crippen LogP contribution in [-0.2, 0) is 16.6 Å². The van der Waals surface area contributed by atoms with Gasteiger partial charge in [-0.15, -0.1) is 0 Å². The number of nitrogens with one attached hydrogen (secondary N) is 1. The number of hydrogen-bond donors (Lipinski definition) is 2. The van der Waals surface area contributed by atoms with Crippen molar-refractivity contribution in [3.05, 3.63) is 41.2 Å². The summed E-state index contributed by atoms with van der Waals surface area (Å²) in [6, 6.07) is 4.35. The molecule has 20 heavy (non-hydrogen) atoms. The Bertz CT molecular complexity index is 712. The molecule has 0 radical (unpaired) electrons. The summed E-state index contributed by atoms with van der Waals surface area (Å²) in [5, 5.41) is 4.22. The third-order valence-corrected chi connectivity index (χ3v) is 4.58. The van der Waals surface area contributed by atoms with Gasteiger partial charge in [0.15, 0.2) is 0 Å². The highest BCUT2D eigenvalue weighted by molar-refractivity contribution is 7.89. The minimum Gasteiger partial charge on any atom is -0.399 e. The lowest BCUT2D eigenvalue weighted by Gasteiger charge is -2.09. The van der Waals surface area contributed by atoms with Gasteiger partial charge >= 0.3 is 0 Å². The van der Waals surface area contributed by atoms with Crippen molar-refractivity contribution >= 4 is 27.3 Å². The summed E-state index contributed by atoms with van der Waals surface area (Å²) >= 11 is 5.89. The zero-order chi connectivity index (χ0) is 14.8. The van der Waals surface area contributed by atoms with Gasteiger partial charge in [0.2, 0.25) is 10.0 Å². The highest BCUT2D eigenvalue weighted by atomic mass is 35.5. The van der Waals surface area contributed by atoms with E-state index in [1.807, 2.05) is 13.1 Å². The van der Waals surface area contributed by atoms with Crippen LogP contribution in [0.3, 0.4) is 0 Å². The Kier molecular flexibility index (Phi) is 4.32. The Morgan fingerprint density at radius 3 is 2.85 bits per heavy atom. The van der Waals surface area contributed by atoms with Gasteiger partial charge in [0.25, 0.3) is 0 Å². The van der Waals surface area contributed by atoms with E-state index < -0.39 is 10.0 Å². The number of sulfonamides is 1. The SMILES string of the molecule is Cc1cnn(CCNS(=O)(=O)c2cc(N)ccc2Cl)c1. The normalized spacial score (nSPS) is 11.7. The molecule has 0 aliphatic rings. The van der Waals surface area contributed by atoms with Crippen LogP contribution in [0.4, 0.5) is 5.69 Å². The van der Waals surface area contributed by atoms with Crippen LogP contribution in [-0.4, -0.2) is 24.7 Å². The fourth-order valence-corrected chi connectivity index (χ4v) is 3.24. The Morgan fingerprint density at radius 2 is 2.20 bits per heavy atom. The summed E-state index contributed by atoms with van der Waals surface area (Å²) in [7, 11) is -3.68. The van der Waals surface area contributed by atoms with Crippen LogP contribution in [0.2, 0.25) is 5.02 Å². The molecule has 6 nitrogen and oxygen atoms in total. The van der Waals surface area contributed by atoms with E-state index >= 15 is 0 Å². The van der Waals surface area contributed by atoms with Crippen LogP contribution in [0.5, 0.6) is 0 Å². The fraction of sp³-hybridized carbons (Fsp3) is 0.250. The molecule has 8 heteroatoms. The van der Waals surface area contributed by atoms with Crippen molar-refractivity contribution < 1.29 is 8.42 Å². The number of nitrogens with two attached hydrogens (primary N) is 1. The maximum absolute atomic E-state index is 12.1. The van der Waals surface area contributed by atoms with Gasteiger partial charge in [0, 0.05) is 18.4 Å². The number of hydrogen-bond acceptors (Lipinski definition) is 4. The first kappa shape index (κ1) is 14.8. The summed E-state index contributed by atoms with van der Waals surface area (Å²) in [5.41, 5.74) is 6.95. The molecule has 0 saturated carbocycles. The number of nitrogen functional groups attached to an aromatic ring is 1. The van der Waals surface area contributed by atoms with Gasteiger partial charge in [-0.25, -0.2) is 13.1 Å². The second-order valence-corrected chi connectivity index (χ2v) is 6.51. The van der Waals surface area contributed by atoms with Crippen molar-refractivity contribution in [1.82, 2.24) is 14.5 Å². The van der Waals surface area contributed by atoms with E-state index in [1.54, 1.807) is 16.9 Å². The van der Waals surface area contributed by atoms with Gasteiger partial charge < -0.3 is 5.73 Å². The molecular weight excluding hydrogens is 300 g/mol. The first-order chi connectivity index (χ1) is 9.38. The molecular formula is C12H15ClN4O2S. The Hall–Kier alpha value is -1.57. The van der Waals surface area contributed by atoms with Crippen molar-refractivity contribution in [3.8, 4) is 0 Å². The molecule has 0 spiro atoms. The number of anilines is 1. The largest absolute Gasteiger partial charge is 0.399 e. The first-order valence-electron chi connectivity index (χ1n) is 5.92. The zero-order valence-electron chi connectivity index (χ0n) is 10.9. The second-order valence-electron chi connectivity index (χ2n) is 4.37. The van der Waals surface area contributed by atoms with Crippen LogP contribution in [0, 0.1) is 6.92 Å². The average molecular weight is 315 g/mol. The van der Waals surface area contributed by atoms with E-state index in [1.165, 1.54) is 12.1 Å². The summed E-state index contributed by atoms with van der Waals surface area (Å²) < 4.78 is 28.4. The molecule has 0 bridgehead atoms. The smallest absolute Gasteiger partial charge is 0.242 e. The third-order valence-electron chi connectivity index (χ3n) is 2.64. The van der Waals surface area contributed by atoms with Crippen LogP contribution in [0.1, 0.15) is 5.56 Å². The van der Waals surface area contributed by atoms with E-state index in [0.29, 0.717) is 12.2 Å². The molecule has 1 aromatic carbocycles. The number of halogens is 1. The second kappa shape index (κ2) is 5.82. The number of aryl methyl sites for hydroxylation is 1. The monoisotopic (exact) mass is 314 g/mol. The average Bonchev–Trinajstić information content (AvgIpc) is 2.78. The summed E-state index contributed by atoms with van der Waals surface area (Å²) in [6.07, 6.45) is 3.55.